The lowest BCUT2D eigenvalue weighted by Gasteiger charge is -2.17. The maximum absolute atomic E-state index is 13.5. The van der Waals surface area contributed by atoms with Crippen molar-refractivity contribution in [2.45, 2.75) is 6.54 Å². The van der Waals surface area contributed by atoms with Crippen LogP contribution in [0.1, 0.15) is 5.56 Å². The first kappa shape index (κ1) is 19.4. The van der Waals surface area contributed by atoms with Gasteiger partial charge in [-0.15, -0.1) is 0 Å². The minimum atomic E-state index is -0.335. The summed E-state index contributed by atoms with van der Waals surface area (Å²) in [7, 11) is 3.10. The number of benzene rings is 3. The molecule has 7 heteroatoms. The SMILES string of the molecule is COc1ccc(-c2nc3ccccc3c(=O)n2NCc2cccc(F)c2)cc1OC. The van der Waals surface area contributed by atoms with Crippen LogP contribution in [0, 0.1) is 5.82 Å². The maximum Gasteiger partial charge on any atom is 0.280 e. The van der Waals surface area contributed by atoms with E-state index in [-0.39, 0.29) is 17.9 Å². The number of ether oxygens (including phenoxy) is 2. The molecule has 0 saturated heterocycles. The summed E-state index contributed by atoms with van der Waals surface area (Å²) in [6.45, 7) is 0.248. The molecule has 1 heterocycles. The van der Waals surface area contributed by atoms with E-state index in [1.165, 1.54) is 16.8 Å². The van der Waals surface area contributed by atoms with Crippen LogP contribution in [0.3, 0.4) is 0 Å². The average molecular weight is 405 g/mol. The first-order chi connectivity index (χ1) is 14.6. The standard InChI is InChI=1S/C23H20FN3O3/c1-29-20-11-10-16(13-21(20)30-2)22-26-19-9-4-3-8-18(19)23(28)27(22)25-14-15-6-5-7-17(24)12-15/h3-13,25H,14H2,1-2H3. The zero-order chi connectivity index (χ0) is 21.1. The highest BCUT2D eigenvalue weighted by Crippen LogP contribution is 2.31. The number of methoxy groups -OCH3 is 2. The van der Waals surface area contributed by atoms with Crippen molar-refractivity contribution in [1.82, 2.24) is 9.66 Å². The van der Waals surface area contributed by atoms with Crippen LogP contribution in [0.5, 0.6) is 11.5 Å². The molecule has 0 bridgehead atoms. The summed E-state index contributed by atoms with van der Waals surface area (Å²) in [4.78, 5) is 17.9. The van der Waals surface area contributed by atoms with E-state index in [9.17, 15) is 9.18 Å². The fourth-order valence-electron chi connectivity index (χ4n) is 3.27. The van der Waals surface area contributed by atoms with Gasteiger partial charge >= 0.3 is 0 Å². The first-order valence-corrected chi connectivity index (χ1v) is 9.33. The summed E-state index contributed by atoms with van der Waals surface area (Å²) in [6, 6.07) is 18.7. The molecule has 152 valence electrons. The van der Waals surface area contributed by atoms with Gasteiger partial charge in [-0.25, -0.2) is 14.1 Å². The molecule has 0 radical (unpaired) electrons. The van der Waals surface area contributed by atoms with Crippen LogP contribution in [0.2, 0.25) is 0 Å². The molecular weight excluding hydrogens is 385 g/mol. The number of nitrogens with one attached hydrogen (secondary N) is 1. The number of para-hydroxylation sites is 1. The highest BCUT2D eigenvalue weighted by atomic mass is 19.1. The first-order valence-electron chi connectivity index (χ1n) is 9.33. The number of halogens is 1. The Morgan fingerprint density at radius 1 is 0.967 bits per heavy atom. The van der Waals surface area contributed by atoms with Crippen molar-refractivity contribution in [3.8, 4) is 22.9 Å². The van der Waals surface area contributed by atoms with Crippen LogP contribution in [-0.2, 0) is 6.54 Å². The zero-order valence-corrected chi connectivity index (χ0v) is 16.6. The van der Waals surface area contributed by atoms with Gasteiger partial charge in [0, 0.05) is 5.56 Å². The Hall–Kier alpha value is -3.87. The van der Waals surface area contributed by atoms with Gasteiger partial charge in [-0.2, -0.15) is 0 Å². The predicted molar refractivity (Wildman–Crippen MR) is 114 cm³/mol. The lowest BCUT2D eigenvalue weighted by Crippen LogP contribution is -2.31. The van der Waals surface area contributed by atoms with Crippen molar-refractivity contribution in [3.05, 3.63) is 88.5 Å². The van der Waals surface area contributed by atoms with Crippen molar-refractivity contribution in [3.63, 3.8) is 0 Å². The van der Waals surface area contributed by atoms with E-state index in [0.717, 1.165) is 0 Å². The molecule has 4 aromatic rings. The normalized spacial score (nSPS) is 10.8. The highest BCUT2D eigenvalue weighted by molar-refractivity contribution is 5.80. The van der Waals surface area contributed by atoms with Crippen molar-refractivity contribution in [2.24, 2.45) is 0 Å². The molecular formula is C23H20FN3O3. The number of fused-ring (bicyclic) bond motifs is 1. The van der Waals surface area contributed by atoms with Gasteiger partial charge in [0.05, 0.1) is 31.7 Å². The second-order valence-corrected chi connectivity index (χ2v) is 6.63. The fourth-order valence-corrected chi connectivity index (χ4v) is 3.27. The summed E-state index contributed by atoms with van der Waals surface area (Å²) in [5, 5.41) is 0.480. The van der Waals surface area contributed by atoms with Crippen molar-refractivity contribution >= 4 is 10.9 Å². The molecule has 4 rings (SSSR count). The molecule has 0 saturated carbocycles. The molecule has 0 atom stereocenters. The minimum absolute atomic E-state index is 0.248. The lowest BCUT2D eigenvalue weighted by molar-refractivity contribution is 0.355. The average Bonchev–Trinajstić information content (AvgIpc) is 2.78. The van der Waals surface area contributed by atoms with Gasteiger partial charge in [0.2, 0.25) is 0 Å². The maximum atomic E-state index is 13.5. The summed E-state index contributed by atoms with van der Waals surface area (Å²) in [5.41, 5.74) is 4.79. The fraction of sp³-hybridized carbons (Fsp3) is 0.130. The Morgan fingerprint density at radius 2 is 1.77 bits per heavy atom. The molecule has 1 aromatic heterocycles. The van der Waals surface area contributed by atoms with Gasteiger partial charge in [-0.3, -0.25) is 4.79 Å². The summed E-state index contributed by atoms with van der Waals surface area (Å²) < 4.78 is 25.6. The van der Waals surface area contributed by atoms with Crippen molar-refractivity contribution < 1.29 is 13.9 Å². The number of hydrogen-bond acceptors (Lipinski definition) is 5. The Labute approximate surface area is 172 Å². The second kappa shape index (κ2) is 8.24. The van der Waals surface area contributed by atoms with E-state index in [1.807, 2.05) is 6.07 Å². The third kappa shape index (κ3) is 3.69. The molecule has 3 aromatic carbocycles. The van der Waals surface area contributed by atoms with Gasteiger partial charge in [-0.05, 0) is 48.0 Å². The van der Waals surface area contributed by atoms with Crippen molar-refractivity contribution in [1.29, 1.82) is 0 Å². The molecule has 30 heavy (non-hydrogen) atoms. The summed E-state index contributed by atoms with van der Waals surface area (Å²) >= 11 is 0. The summed E-state index contributed by atoms with van der Waals surface area (Å²) in [6.07, 6.45) is 0. The minimum Gasteiger partial charge on any atom is -0.493 e. The van der Waals surface area contributed by atoms with Gasteiger partial charge in [-0.1, -0.05) is 24.3 Å². The Balaban J connectivity index is 1.85. The van der Waals surface area contributed by atoms with Crippen LogP contribution >= 0.6 is 0 Å². The summed E-state index contributed by atoms with van der Waals surface area (Å²) in [5.74, 6) is 1.17. The molecule has 0 aliphatic carbocycles. The predicted octanol–water partition coefficient (Wildman–Crippen LogP) is 3.96. The van der Waals surface area contributed by atoms with E-state index in [0.29, 0.717) is 39.4 Å². The van der Waals surface area contributed by atoms with E-state index in [1.54, 1.807) is 62.8 Å². The van der Waals surface area contributed by atoms with E-state index >= 15 is 0 Å². The Morgan fingerprint density at radius 3 is 2.53 bits per heavy atom. The molecule has 0 unspecified atom stereocenters. The van der Waals surface area contributed by atoms with Gasteiger partial charge in [0.25, 0.3) is 5.56 Å². The molecule has 0 fully saturated rings. The Kier molecular flexibility index (Phi) is 5.34. The highest BCUT2D eigenvalue weighted by Gasteiger charge is 2.15. The lowest BCUT2D eigenvalue weighted by atomic mass is 10.1. The quantitative estimate of drug-likeness (QED) is 0.526. The molecule has 0 amide bonds. The van der Waals surface area contributed by atoms with E-state index in [2.05, 4.69) is 5.43 Å². The third-order valence-corrected chi connectivity index (χ3v) is 4.75. The molecule has 0 aliphatic heterocycles. The number of aromatic nitrogens is 2. The molecule has 0 spiro atoms. The van der Waals surface area contributed by atoms with Gasteiger partial charge in [0.1, 0.15) is 5.82 Å². The largest absolute Gasteiger partial charge is 0.493 e. The van der Waals surface area contributed by atoms with E-state index < -0.39 is 0 Å². The van der Waals surface area contributed by atoms with Crippen LogP contribution in [0.25, 0.3) is 22.3 Å². The van der Waals surface area contributed by atoms with Crippen LogP contribution in [-0.4, -0.2) is 23.9 Å². The third-order valence-electron chi connectivity index (χ3n) is 4.75. The monoisotopic (exact) mass is 405 g/mol. The molecule has 1 N–H and O–H groups in total. The number of rotatable bonds is 6. The molecule has 0 aliphatic rings. The smallest absolute Gasteiger partial charge is 0.280 e. The Bertz CT molecular complexity index is 1270. The second-order valence-electron chi connectivity index (χ2n) is 6.63. The molecule has 6 nitrogen and oxygen atoms in total. The number of hydrogen-bond donors (Lipinski definition) is 1. The number of nitrogens with zero attached hydrogens (tertiary/aromatic N) is 2. The van der Waals surface area contributed by atoms with Crippen molar-refractivity contribution in [2.75, 3.05) is 19.6 Å². The van der Waals surface area contributed by atoms with Crippen LogP contribution in [0.4, 0.5) is 4.39 Å². The topological polar surface area (TPSA) is 65.4 Å². The van der Waals surface area contributed by atoms with Gasteiger partial charge in [0.15, 0.2) is 17.3 Å². The van der Waals surface area contributed by atoms with Crippen LogP contribution < -0.4 is 20.5 Å². The zero-order valence-electron chi connectivity index (χ0n) is 16.6. The van der Waals surface area contributed by atoms with Gasteiger partial charge < -0.3 is 14.9 Å². The van der Waals surface area contributed by atoms with Crippen LogP contribution in [0.15, 0.2) is 71.5 Å². The van der Waals surface area contributed by atoms with E-state index in [4.69, 9.17) is 14.5 Å².